The van der Waals surface area contributed by atoms with Gasteiger partial charge in [-0.1, -0.05) is 41.9 Å². The van der Waals surface area contributed by atoms with Crippen LogP contribution in [0.3, 0.4) is 0 Å². The van der Waals surface area contributed by atoms with Crippen LogP contribution in [0, 0.1) is 0 Å². The molecule has 0 fully saturated rings. The van der Waals surface area contributed by atoms with Crippen molar-refractivity contribution in [3.8, 4) is 0 Å². The van der Waals surface area contributed by atoms with Crippen molar-refractivity contribution in [2.75, 3.05) is 0 Å². The number of hydrogen-bond donors (Lipinski definition) is 3. The van der Waals surface area contributed by atoms with Crippen LogP contribution < -0.4 is 0 Å². The maximum atomic E-state index is 10.7. The normalized spacial score (nSPS) is 14.4. The summed E-state index contributed by atoms with van der Waals surface area (Å²) in [4.78, 5) is 10.7. The summed E-state index contributed by atoms with van der Waals surface area (Å²) < 4.78 is 0. The highest BCUT2D eigenvalue weighted by atomic mass is 35.5. The molecule has 0 amide bonds. The van der Waals surface area contributed by atoms with Gasteiger partial charge in [-0.05, 0) is 17.0 Å². The standard InChI is InChI=1S/C13H11ClO4/c14-9-6-2-4-7-3-1-5-8(10(7)9)11(15)12(16)13(17)18/h1-6,11-12,15-16H,(H,17,18). The second-order valence-corrected chi connectivity index (χ2v) is 4.32. The zero-order valence-corrected chi connectivity index (χ0v) is 10.0. The van der Waals surface area contributed by atoms with Gasteiger partial charge in [0, 0.05) is 10.4 Å². The lowest BCUT2D eigenvalue weighted by atomic mass is 9.97. The number of hydrogen-bond acceptors (Lipinski definition) is 3. The first kappa shape index (κ1) is 12.8. The molecule has 0 aliphatic rings. The van der Waals surface area contributed by atoms with Crippen molar-refractivity contribution in [2.24, 2.45) is 0 Å². The molecule has 18 heavy (non-hydrogen) atoms. The van der Waals surface area contributed by atoms with Gasteiger partial charge in [-0.25, -0.2) is 4.79 Å². The van der Waals surface area contributed by atoms with Gasteiger partial charge in [0.1, 0.15) is 6.10 Å². The molecule has 0 aliphatic carbocycles. The maximum absolute atomic E-state index is 10.7. The van der Waals surface area contributed by atoms with Crippen LogP contribution >= 0.6 is 11.6 Å². The van der Waals surface area contributed by atoms with Gasteiger partial charge in [0.15, 0.2) is 6.10 Å². The zero-order chi connectivity index (χ0) is 13.3. The summed E-state index contributed by atoms with van der Waals surface area (Å²) in [5, 5.41) is 29.7. The highest BCUT2D eigenvalue weighted by Gasteiger charge is 2.26. The van der Waals surface area contributed by atoms with E-state index in [4.69, 9.17) is 16.7 Å². The van der Waals surface area contributed by atoms with Crippen LogP contribution in [0.2, 0.25) is 5.02 Å². The topological polar surface area (TPSA) is 77.8 Å². The lowest BCUT2D eigenvalue weighted by molar-refractivity contribution is -0.153. The van der Waals surface area contributed by atoms with E-state index in [2.05, 4.69) is 0 Å². The van der Waals surface area contributed by atoms with Crippen molar-refractivity contribution in [3.63, 3.8) is 0 Å². The molecule has 0 saturated carbocycles. The average molecular weight is 267 g/mol. The molecule has 2 atom stereocenters. The Hall–Kier alpha value is -1.62. The van der Waals surface area contributed by atoms with Crippen LogP contribution in [0.4, 0.5) is 0 Å². The van der Waals surface area contributed by atoms with E-state index in [0.29, 0.717) is 16.0 Å². The Morgan fingerprint density at radius 3 is 2.33 bits per heavy atom. The number of aliphatic carboxylic acids is 1. The van der Waals surface area contributed by atoms with Crippen LogP contribution in [0.15, 0.2) is 36.4 Å². The second-order valence-electron chi connectivity index (χ2n) is 3.91. The summed E-state index contributed by atoms with van der Waals surface area (Å²) in [5.74, 6) is -1.48. The van der Waals surface area contributed by atoms with Crippen molar-refractivity contribution in [2.45, 2.75) is 12.2 Å². The summed E-state index contributed by atoms with van der Waals surface area (Å²) >= 11 is 6.05. The Labute approximate surface area is 108 Å². The summed E-state index contributed by atoms with van der Waals surface area (Å²) in [6.45, 7) is 0. The van der Waals surface area contributed by atoms with Crippen molar-refractivity contribution >= 4 is 28.3 Å². The molecule has 0 aromatic heterocycles. The number of halogens is 1. The molecule has 0 aliphatic heterocycles. The Morgan fingerprint density at radius 1 is 1.11 bits per heavy atom. The fourth-order valence-corrected chi connectivity index (χ4v) is 2.17. The molecular weight excluding hydrogens is 256 g/mol. The molecule has 0 saturated heterocycles. The molecule has 0 bridgehead atoms. The Kier molecular flexibility index (Phi) is 3.52. The fraction of sp³-hybridized carbons (Fsp3) is 0.154. The summed E-state index contributed by atoms with van der Waals surface area (Å²) in [5.41, 5.74) is 0.299. The first-order valence-corrected chi connectivity index (χ1v) is 5.66. The number of aliphatic hydroxyl groups is 2. The number of carboxylic acids is 1. The minimum atomic E-state index is -1.88. The Bertz CT molecular complexity index is 591. The van der Waals surface area contributed by atoms with Gasteiger partial charge in [-0.3, -0.25) is 0 Å². The third kappa shape index (κ3) is 2.18. The molecular formula is C13H11ClO4. The SMILES string of the molecule is O=C(O)C(O)C(O)c1cccc2cccc(Cl)c12. The van der Waals surface area contributed by atoms with Gasteiger partial charge in [-0.15, -0.1) is 0 Å². The van der Waals surface area contributed by atoms with Crippen LogP contribution in [-0.4, -0.2) is 27.4 Å². The summed E-state index contributed by atoms with van der Waals surface area (Å²) in [7, 11) is 0. The van der Waals surface area contributed by atoms with E-state index in [9.17, 15) is 15.0 Å². The van der Waals surface area contributed by atoms with Crippen LogP contribution in [0.5, 0.6) is 0 Å². The van der Waals surface area contributed by atoms with Gasteiger partial charge in [0.25, 0.3) is 0 Å². The monoisotopic (exact) mass is 266 g/mol. The third-order valence-corrected chi connectivity index (χ3v) is 3.07. The molecule has 2 rings (SSSR count). The number of carboxylic acid groups (broad SMARTS) is 1. The van der Waals surface area contributed by atoms with Crippen LogP contribution in [-0.2, 0) is 4.79 Å². The predicted molar refractivity (Wildman–Crippen MR) is 67.6 cm³/mol. The minimum absolute atomic E-state index is 0.299. The molecule has 4 nitrogen and oxygen atoms in total. The van der Waals surface area contributed by atoms with Crippen molar-refractivity contribution in [1.29, 1.82) is 0 Å². The fourth-order valence-electron chi connectivity index (χ4n) is 1.87. The molecule has 5 heteroatoms. The molecule has 0 spiro atoms. The van der Waals surface area contributed by atoms with E-state index < -0.39 is 18.2 Å². The minimum Gasteiger partial charge on any atom is -0.479 e. The van der Waals surface area contributed by atoms with E-state index in [1.54, 1.807) is 36.4 Å². The van der Waals surface area contributed by atoms with E-state index in [1.807, 2.05) is 0 Å². The largest absolute Gasteiger partial charge is 0.479 e. The van der Waals surface area contributed by atoms with Gasteiger partial charge < -0.3 is 15.3 Å². The number of aliphatic hydroxyl groups excluding tert-OH is 2. The molecule has 2 aromatic carbocycles. The van der Waals surface area contributed by atoms with Gasteiger partial charge >= 0.3 is 5.97 Å². The molecule has 0 radical (unpaired) electrons. The average Bonchev–Trinajstić information content (AvgIpc) is 2.36. The van der Waals surface area contributed by atoms with Crippen molar-refractivity contribution < 1.29 is 20.1 Å². The molecule has 94 valence electrons. The number of fused-ring (bicyclic) bond motifs is 1. The highest BCUT2D eigenvalue weighted by molar-refractivity contribution is 6.35. The first-order chi connectivity index (χ1) is 8.52. The van der Waals surface area contributed by atoms with E-state index in [0.717, 1.165) is 5.39 Å². The van der Waals surface area contributed by atoms with E-state index >= 15 is 0 Å². The van der Waals surface area contributed by atoms with Crippen molar-refractivity contribution in [3.05, 3.63) is 47.0 Å². The predicted octanol–water partition coefficient (Wildman–Crippen LogP) is 1.97. The van der Waals surface area contributed by atoms with E-state index in [1.165, 1.54) is 0 Å². The summed E-state index contributed by atoms with van der Waals surface area (Å²) in [6, 6.07) is 10.2. The lowest BCUT2D eigenvalue weighted by Crippen LogP contribution is -2.27. The van der Waals surface area contributed by atoms with Gasteiger partial charge in [-0.2, -0.15) is 0 Å². The lowest BCUT2D eigenvalue weighted by Gasteiger charge is -2.17. The highest BCUT2D eigenvalue weighted by Crippen LogP contribution is 2.31. The Balaban J connectivity index is 2.61. The quantitative estimate of drug-likeness (QED) is 0.794. The third-order valence-electron chi connectivity index (χ3n) is 2.76. The number of benzene rings is 2. The van der Waals surface area contributed by atoms with Crippen molar-refractivity contribution in [1.82, 2.24) is 0 Å². The smallest absolute Gasteiger partial charge is 0.335 e. The molecule has 2 aromatic rings. The number of rotatable bonds is 3. The second kappa shape index (κ2) is 4.94. The maximum Gasteiger partial charge on any atom is 0.335 e. The Morgan fingerprint density at radius 2 is 1.72 bits per heavy atom. The molecule has 2 unspecified atom stereocenters. The van der Waals surface area contributed by atoms with Crippen LogP contribution in [0.25, 0.3) is 10.8 Å². The van der Waals surface area contributed by atoms with Gasteiger partial charge in [0.2, 0.25) is 0 Å². The van der Waals surface area contributed by atoms with Crippen LogP contribution in [0.1, 0.15) is 11.7 Å². The first-order valence-electron chi connectivity index (χ1n) is 5.28. The summed E-state index contributed by atoms with van der Waals surface area (Å²) in [6.07, 6.45) is -3.40. The molecule has 3 N–H and O–H groups in total. The molecule has 0 heterocycles. The van der Waals surface area contributed by atoms with E-state index in [-0.39, 0.29) is 0 Å². The zero-order valence-electron chi connectivity index (χ0n) is 9.25. The number of carbonyl (C=O) groups is 1. The van der Waals surface area contributed by atoms with Gasteiger partial charge in [0.05, 0.1) is 0 Å².